The highest BCUT2D eigenvalue weighted by molar-refractivity contribution is 5.75. The van der Waals surface area contributed by atoms with Crippen LogP contribution in [0.15, 0.2) is 0 Å². The number of carbonyl (C=O) groups excluding carboxylic acids is 1. The molecule has 2 fully saturated rings. The molecule has 1 amide bonds. The molecular weight excluding hydrogens is 332 g/mol. The molecule has 0 spiro atoms. The van der Waals surface area contributed by atoms with E-state index in [1.165, 1.54) is 0 Å². The molecule has 1 N–H and O–H groups in total. The van der Waals surface area contributed by atoms with Crippen LogP contribution in [0.3, 0.4) is 0 Å². The van der Waals surface area contributed by atoms with E-state index >= 15 is 0 Å². The number of carbonyl (C=O) groups is 1. The van der Waals surface area contributed by atoms with Gasteiger partial charge in [0.05, 0.1) is 19.8 Å². The Morgan fingerprint density at radius 3 is 2.81 bits per heavy atom. The van der Waals surface area contributed by atoms with Crippen molar-refractivity contribution in [3.8, 4) is 0 Å². The maximum atomic E-state index is 11.7. The van der Waals surface area contributed by atoms with E-state index in [1.54, 1.807) is 0 Å². The zero-order valence-corrected chi connectivity index (χ0v) is 16.1. The quantitative estimate of drug-likeness (QED) is 0.753. The zero-order chi connectivity index (χ0) is 18.4. The predicted molar refractivity (Wildman–Crippen MR) is 98.8 cm³/mol. The number of amides is 1. The Morgan fingerprint density at radius 1 is 1.23 bits per heavy atom. The first kappa shape index (κ1) is 19.3. The van der Waals surface area contributed by atoms with E-state index in [0.29, 0.717) is 18.9 Å². The number of aromatic nitrogens is 3. The molecule has 0 unspecified atom stereocenters. The minimum atomic E-state index is 0.140. The lowest BCUT2D eigenvalue weighted by Crippen LogP contribution is -2.38. The van der Waals surface area contributed by atoms with Crippen molar-refractivity contribution in [3.05, 3.63) is 11.6 Å². The number of hydrogen-bond acceptors (Lipinski definition) is 6. The van der Waals surface area contributed by atoms with Crippen LogP contribution in [-0.2, 0) is 23.1 Å². The fraction of sp³-hybridized carbons (Fsp3) is 0.833. The molecule has 8 nitrogen and oxygen atoms in total. The molecule has 0 aromatic carbocycles. The summed E-state index contributed by atoms with van der Waals surface area (Å²) in [5.74, 6) is 2.65. The van der Waals surface area contributed by atoms with Crippen LogP contribution in [0.2, 0.25) is 0 Å². The number of likely N-dealkylation sites (tertiary alicyclic amines) is 1. The average molecular weight is 364 g/mol. The van der Waals surface area contributed by atoms with Crippen molar-refractivity contribution in [1.29, 1.82) is 0 Å². The van der Waals surface area contributed by atoms with Gasteiger partial charge in [0.15, 0.2) is 0 Å². The lowest BCUT2D eigenvalue weighted by molar-refractivity contribution is -0.121. The number of rotatable bonds is 7. The van der Waals surface area contributed by atoms with Gasteiger partial charge in [-0.05, 0) is 26.3 Å². The molecule has 0 saturated carbocycles. The summed E-state index contributed by atoms with van der Waals surface area (Å²) in [7, 11) is 2.08. The molecule has 0 bridgehead atoms. The first-order chi connectivity index (χ1) is 12.7. The third-order valence-electron chi connectivity index (χ3n) is 5.37. The second-order valence-electron chi connectivity index (χ2n) is 7.27. The SMILES string of the molecule is CCNC(=O)CCN1CCC[C@@H](c2nnc(CN3CCOCC3)n2C)C1. The summed E-state index contributed by atoms with van der Waals surface area (Å²) in [6, 6.07) is 0. The maximum Gasteiger partial charge on any atom is 0.221 e. The zero-order valence-electron chi connectivity index (χ0n) is 16.1. The van der Waals surface area contributed by atoms with Gasteiger partial charge in [0, 0.05) is 52.1 Å². The van der Waals surface area contributed by atoms with Crippen molar-refractivity contribution in [1.82, 2.24) is 29.9 Å². The molecule has 1 atom stereocenters. The van der Waals surface area contributed by atoms with Crippen molar-refractivity contribution in [2.45, 2.75) is 38.6 Å². The fourth-order valence-electron chi connectivity index (χ4n) is 3.84. The normalized spacial score (nSPS) is 22.5. The molecule has 26 heavy (non-hydrogen) atoms. The third-order valence-corrected chi connectivity index (χ3v) is 5.37. The highest BCUT2D eigenvalue weighted by atomic mass is 16.5. The first-order valence-electron chi connectivity index (χ1n) is 9.84. The lowest BCUT2D eigenvalue weighted by Gasteiger charge is -2.32. The molecule has 3 heterocycles. The van der Waals surface area contributed by atoms with Gasteiger partial charge in [-0.15, -0.1) is 10.2 Å². The highest BCUT2D eigenvalue weighted by Crippen LogP contribution is 2.26. The van der Waals surface area contributed by atoms with Crippen LogP contribution in [0, 0.1) is 0 Å². The predicted octanol–water partition coefficient (Wildman–Crippen LogP) is 0.353. The molecule has 0 radical (unpaired) electrons. The van der Waals surface area contributed by atoms with Gasteiger partial charge >= 0.3 is 0 Å². The lowest BCUT2D eigenvalue weighted by atomic mass is 9.97. The monoisotopic (exact) mass is 364 g/mol. The van der Waals surface area contributed by atoms with Gasteiger partial charge in [-0.25, -0.2) is 0 Å². The Bertz CT molecular complexity index is 584. The van der Waals surface area contributed by atoms with Crippen LogP contribution in [0.1, 0.15) is 43.8 Å². The van der Waals surface area contributed by atoms with E-state index in [9.17, 15) is 4.79 Å². The molecule has 1 aromatic heterocycles. The number of nitrogens with one attached hydrogen (secondary N) is 1. The molecule has 146 valence electrons. The molecular formula is C18H32N6O2. The Kier molecular flexibility index (Phi) is 6.99. The summed E-state index contributed by atoms with van der Waals surface area (Å²) in [6.07, 6.45) is 2.86. The van der Waals surface area contributed by atoms with E-state index in [1.807, 2.05) is 6.92 Å². The third kappa shape index (κ3) is 5.02. The Labute approximate surface area is 155 Å². The number of ether oxygens (including phenoxy) is 1. The minimum absolute atomic E-state index is 0.140. The standard InChI is InChI=1S/C18H32N6O2/c1-3-19-17(25)6-8-23-7-4-5-15(13-23)18-21-20-16(22(18)2)14-24-9-11-26-12-10-24/h15H,3-14H2,1-2H3,(H,19,25)/t15-/m1/s1. The van der Waals surface area contributed by atoms with Crippen LogP contribution >= 0.6 is 0 Å². The van der Waals surface area contributed by atoms with E-state index < -0.39 is 0 Å². The van der Waals surface area contributed by atoms with Crippen molar-refractivity contribution in [3.63, 3.8) is 0 Å². The molecule has 3 rings (SSSR count). The summed E-state index contributed by atoms with van der Waals surface area (Å²) >= 11 is 0. The summed E-state index contributed by atoms with van der Waals surface area (Å²) < 4.78 is 7.59. The maximum absolute atomic E-state index is 11.7. The minimum Gasteiger partial charge on any atom is -0.379 e. The molecule has 0 aliphatic carbocycles. The average Bonchev–Trinajstić information content (AvgIpc) is 3.02. The number of hydrogen-bond donors (Lipinski definition) is 1. The summed E-state index contributed by atoms with van der Waals surface area (Å²) in [5, 5.41) is 11.8. The van der Waals surface area contributed by atoms with Crippen molar-refractivity contribution in [2.75, 3.05) is 52.5 Å². The van der Waals surface area contributed by atoms with Crippen LogP contribution < -0.4 is 5.32 Å². The Morgan fingerprint density at radius 2 is 2.04 bits per heavy atom. The Hall–Kier alpha value is -1.51. The second-order valence-corrected chi connectivity index (χ2v) is 7.27. The van der Waals surface area contributed by atoms with Gasteiger partial charge in [0.25, 0.3) is 0 Å². The van der Waals surface area contributed by atoms with E-state index in [2.05, 4.69) is 36.9 Å². The van der Waals surface area contributed by atoms with Crippen LogP contribution in [-0.4, -0.2) is 83.0 Å². The van der Waals surface area contributed by atoms with E-state index in [0.717, 1.165) is 77.0 Å². The van der Waals surface area contributed by atoms with Gasteiger partial charge in [0.1, 0.15) is 11.6 Å². The van der Waals surface area contributed by atoms with Crippen LogP contribution in [0.25, 0.3) is 0 Å². The summed E-state index contributed by atoms with van der Waals surface area (Å²) in [4.78, 5) is 16.5. The molecule has 8 heteroatoms. The van der Waals surface area contributed by atoms with E-state index in [4.69, 9.17) is 4.74 Å². The number of piperidine rings is 1. The summed E-state index contributed by atoms with van der Waals surface area (Å²) in [6.45, 7) is 9.85. The second kappa shape index (κ2) is 9.43. The van der Waals surface area contributed by atoms with Crippen LogP contribution in [0.5, 0.6) is 0 Å². The van der Waals surface area contributed by atoms with Crippen LogP contribution in [0.4, 0.5) is 0 Å². The highest BCUT2D eigenvalue weighted by Gasteiger charge is 2.26. The smallest absolute Gasteiger partial charge is 0.221 e. The van der Waals surface area contributed by atoms with E-state index in [-0.39, 0.29) is 5.91 Å². The first-order valence-corrected chi connectivity index (χ1v) is 9.84. The fourth-order valence-corrected chi connectivity index (χ4v) is 3.84. The molecule has 2 saturated heterocycles. The number of nitrogens with zero attached hydrogens (tertiary/aromatic N) is 5. The van der Waals surface area contributed by atoms with Gasteiger partial charge < -0.3 is 19.5 Å². The van der Waals surface area contributed by atoms with Crippen molar-refractivity contribution in [2.24, 2.45) is 7.05 Å². The number of morpholine rings is 1. The van der Waals surface area contributed by atoms with Crippen molar-refractivity contribution >= 4 is 5.91 Å². The molecule has 1 aromatic rings. The Balaban J connectivity index is 1.55. The van der Waals surface area contributed by atoms with Crippen molar-refractivity contribution < 1.29 is 9.53 Å². The molecule has 2 aliphatic rings. The topological polar surface area (TPSA) is 75.5 Å². The van der Waals surface area contributed by atoms with Gasteiger partial charge in [-0.1, -0.05) is 0 Å². The molecule has 2 aliphatic heterocycles. The van der Waals surface area contributed by atoms with Gasteiger partial charge in [-0.2, -0.15) is 0 Å². The largest absolute Gasteiger partial charge is 0.379 e. The summed E-state index contributed by atoms with van der Waals surface area (Å²) in [5.41, 5.74) is 0. The van der Waals surface area contributed by atoms with Gasteiger partial charge in [-0.3, -0.25) is 9.69 Å². The van der Waals surface area contributed by atoms with Gasteiger partial charge in [0.2, 0.25) is 5.91 Å².